The predicted octanol–water partition coefficient (Wildman–Crippen LogP) is 7.75. The van der Waals surface area contributed by atoms with Crippen LogP contribution in [-0.4, -0.2) is 0 Å². The Hall–Kier alpha value is -1.34. The van der Waals surface area contributed by atoms with Crippen LogP contribution in [0.1, 0.15) is 5.56 Å². The summed E-state index contributed by atoms with van der Waals surface area (Å²) in [6.07, 6.45) is -4.53. The van der Waals surface area contributed by atoms with Gasteiger partial charge in [-0.15, -0.1) is 11.3 Å². The van der Waals surface area contributed by atoms with Gasteiger partial charge in [-0.1, -0.05) is 47.6 Å². The summed E-state index contributed by atoms with van der Waals surface area (Å²) < 4.78 is 46.5. The molecular formula is C16H7Cl2F3OS2. The van der Waals surface area contributed by atoms with Crippen molar-refractivity contribution in [3.63, 3.8) is 0 Å². The van der Waals surface area contributed by atoms with Gasteiger partial charge in [0.15, 0.2) is 5.75 Å². The van der Waals surface area contributed by atoms with E-state index in [0.29, 0.717) is 8.52 Å². The van der Waals surface area contributed by atoms with Crippen molar-refractivity contribution in [3.8, 4) is 11.5 Å². The highest BCUT2D eigenvalue weighted by Crippen LogP contribution is 2.44. The average molecular weight is 407 g/mol. The molecule has 124 valence electrons. The van der Waals surface area contributed by atoms with Gasteiger partial charge in [-0.2, -0.15) is 13.2 Å². The molecule has 0 unspecified atom stereocenters. The second kappa shape index (κ2) is 6.52. The lowest BCUT2D eigenvalue weighted by molar-refractivity contribution is -0.136. The summed E-state index contributed by atoms with van der Waals surface area (Å²) in [5.74, 6) is 0.0568. The van der Waals surface area contributed by atoms with Crippen LogP contribution in [0.15, 0.2) is 42.5 Å². The number of fused-ring (bicyclic) bond motifs is 1. The molecule has 0 spiro atoms. The molecule has 0 bridgehead atoms. The molecule has 0 fully saturated rings. The highest BCUT2D eigenvalue weighted by Gasteiger charge is 2.34. The number of benzene rings is 2. The Morgan fingerprint density at radius 2 is 1.62 bits per heavy atom. The van der Waals surface area contributed by atoms with E-state index in [1.165, 1.54) is 24.3 Å². The molecule has 0 aliphatic carbocycles. The molecule has 1 heterocycles. The van der Waals surface area contributed by atoms with Crippen LogP contribution in [0.5, 0.6) is 11.5 Å². The Morgan fingerprint density at radius 3 is 2.25 bits per heavy atom. The van der Waals surface area contributed by atoms with Crippen LogP contribution >= 0.6 is 46.8 Å². The summed E-state index contributed by atoms with van der Waals surface area (Å²) >= 11 is 18.3. The number of hydrogen-bond donors (Lipinski definition) is 0. The van der Waals surface area contributed by atoms with Crippen molar-refractivity contribution in [1.82, 2.24) is 0 Å². The predicted molar refractivity (Wildman–Crippen MR) is 94.2 cm³/mol. The number of ether oxygens (including phenoxy) is 1. The van der Waals surface area contributed by atoms with E-state index in [1.807, 2.05) is 0 Å². The highest BCUT2D eigenvalue weighted by molar-refractivity contribution is 7.73. The van der Waals surface area contributed by atoms with Crippen LogP contribution in [0.4, 0.5) is 13.2 Å². The molecule has 3 rings (SSSR count). The molecule has 24 heavy (non-hydrogen) atoms. The van der Waals surface area contributed by atoms with Crippen LogP contribution < -0.4 is 4.74 Å². The third-order valence-electron chi connectivity index (χ3n) is 3.17. The van der Waals surface area contributed by atoms with E-state index >= 15 is 0 Å². The van der Waals surface area contributed by atoms with E-state index in [1.54, 1.807) is 12.1 Å². The zero-order chi connectivity index (χ0) is 17.5. The van der Waals surface area contributed by atoms with E-state index in [-0.39, 0.29) is 26.9 Å². The first-order valence-electron chi connectivity index (χ1n) is 6.53. The van der Waals surface area contributed by atoms with Crippen molar-refractivity contribution >= 4 is 56.8 Å². The normalized spacial score (nSPS) is 11.7. The van der Waals surface area contributed by atoms with Crippen molar-refractivity contribution in [2.24, 2.45) is 0 Å². The minimum absolute atomic E-state index is 0.0309. The topological polar surface area (TPSA) is 9.23 Å². The van der Waals surface area contributed by atoms with E-state index < -0.39 is 11.7 Å². The second-order valence-corrected chi connectivity index (χ2v) is 7.36. The van der Waals surface area contributed by atoms with E-state index in [9.17, 15) is 13.2 Å². The molecule has 0 saturated carbocycles. The van der Waals surface area contributed by atoms with Gasteiger partial charge >= 0.3 is 6.18 Å². The fraction of sp³-hybridized carbons (Fsp3) is 0.0625. The van der Waals surface area contributed by atoms with Crippen molar-refractivity contribution < 1.29 is 17.9 Å². The van der Waals surface area contributed by atoms with Gasteiger partial charge in [-0.3, -0.25) is 0 Å². The molecule has 0 aliphatic rings. The molecule has 3 aromatic rings. The minimum atomic E-state index is -4.53. The number of para-hydroxylation sites is 1. The third kappa shape index (κ3) is 3.37. The molecule has 1 aromatic heterocycles. The molecule has 0 atom stereocenters. The Labute approximate surface area is 154 Å². The van der Waals surface area contributed by atoms with Crippen molar-refractivity contribution in [3.05, 3.63) is 61.9 Å². The average Bonchev–Trinajstić information content (AvgIpc) is 2.49. The Morgan fingerprint density at radius 1 is 1.00 bits per heavy atom. The Kier molecular flexibility index (Phi) is 4.75. The Balaban J connectivity index is 2.30. The molecule has 1 nitrogen and oxygen atoms in total. The van der Waals surface area contributed by atoms with Crippen LogP contribution in [-0.2, 0) is 6.18 Å². The van der Waals surface area contributed by atoms with Gasteiger partial charge in [-0.25, -0.2) is 0 Å². The van der Waals surface area contributed by atoms with Crippen LogP contribution in [0.25, 0.3) is 10.1 Å². The Bertz CT molecular complexity index is 963. The van der Waals surface area contributed by atoms with E-state index in [2.05, 4.69) is 0 Å². The largest absolute Gasteiger partial charge is 0.453 e. The molecule has 0 saturated heterocycles. The third-order valence-corrected chi connectivity index (χ3v) is 5.01. The van der Waals surface area contributed by atoms with Crippen LogP contribution in [0.2, 0.25) is 10.0 Å². The number of hydrogen-bond acceptors (Lipinski definition) is 3. The van der Waals surface area contributed by atoms with Gasteiger partial charge in [-0.05, 0) is 24.3 Å². The maximum absolute atomic E-state index is 13.4. The first-order chi connectivity index (χ1) is 11.3. The van der Waals surface area contributed by atoms with E-state index in [0.717, 1.165) is 17.4 Å². The summed E-state index contributed by atoms with van der Waals surface area (Å²) in [5.41, 5.74) is -0.801. The fourth-order valence-electron chi connectivity index (χ4n) is 2.19. The summed E-state index contributed by atoms with van der Waals surface area (Å²) in [6, 6.07) is 9.96. The van der Waals surface area contributed by atoms with Crippen molar-refractivity contribution in [1.29, 1.82) is 0 Å². The van der Waals surface area contributed by atoms with Gasteiger partial charge < -0.3 is 4.74 Å². The molecular weight excluding hydrogens is 400 g/mol. The molecule has 0 N–H and O–H groups in total. The van der Waals surface area contributed by atoms with Crippen molar-refractivity contribution in [2.45, 2.75) is 6.18 Å². The molecule has 0 radical (unpaired) electrons. The quantitative estimate of drug-likeness (QED) is 0.402. The SMILES string of the molecule is FC(F)(F)c1cccc2sc(=S)cc(Oc3c(Cl)cccc3Cl)c12. The molecule has 0 amide bonds. The number of halogens is 5. The van der Waals surface area contributed by atoms with Gasteiger partial charge in [0.25, 0.3) is 0 Å². The standard InChI is InChI=1S/C16H7Cl2F3OS2/c17-9-4-2-5-10(18)15(9)22-11-7-13(23)24-12-6-1-3-8(14(11)12)16(19,20)21/h1-7H. The highest BCUT2D eigenvalue weighted by atomic mass is 35.5. The lowest BCUT2D eigenvalue weighted by atomic mass is 10.1. The van der Waals surface area contributed by atoms with Crippen LogP contribution in [0, 0.1) is 3.82 Å². The van der Waals surface area contributed by atoms with Gasteiger partial charge in [0, 0.05) is 16.2 Å². The van der Waals surface area contributed by atoms with Crippen LogP contribution in [0.3, 0.4) is 0 Å². The van der Waals surface area contributed by atoms with E-state index in [4.69, 9.17) is 40.2 Å². The fourth-order valence-corrected chi connectivity index (χ4v) is 3.89. The summed E-state index contributed by atoms with van der Waals surface area (Å²) in [4.78, 5) is 0. The summed E-state index contributed by atoms with van der Waals surface area (Å²) in [5, 5.41) is 0.316. The van der Waals surface area contributed by atoms with Crippen molar-refractivity contribution in [2.75, 3.05) is 0 Å². The maximum atomic E-state index is 13.4. The zero-order valence-electron chi connectivity index (χ0n) is 11.7. The lowest BCUT2D eigenvalue weighted by Gasteiger charge is -2.15. The lowest BCUT2D eigenvalue weighted by Crippen LogP contribution is -2.06. The van der Waals surface area contributed by atoms with Gasteiger partial charge in [0.05, 0.1) is 19.4 Å². The number of alkyl halides is 3. The zero-order valence-corrected chi connectivity index (χ0v) is 14.8. The summed E-state index contributed by atoms with van der Waals surface area (Å²) in [6.45, 7) is 0. The van der Waals surface area contributed by atoms with Gasteiger partial charge in [0.2, 0.25) is 0 Å². The monoisotopic (exact) mass is 406 g/mol. The maximum Gasteiger partial charge on any atom is 0.417 e. The molecule has 8 heteroatoms. The first kappa shape index (κ1) is 17.5. The van der Waals surface area contributed by atoms with Gasteiger partial charge in [0.1, 0.15) is 5.75 Å². The number of rotatable bonds is 2. The minimum Gasteiger partial charge on any atom is -0.453 e. The molecule has 0 aliphatic heterocycles. The summed E-state index contributed by atoms with van der Waals surface area (Å²) in [7, 11) is 0. The smallest absolute Gasteiger partial charge is 0.417 e. The molecule has 2 aromatic carbocycles. The first-order valence-corrected chi connectivity index (χ1v) is 8.51. The second-order valence-electron chi connectivity index (χ2n) is 4.76.